The lowest BCUT2D eigenvalue weighted by atomic mass is 9.96. The van der Waals surface area contributed by atoms with Gasteiger partial charge in [0.25, 0.3) is 0 Å². The molecular weight excluding hydrogens is 260 g/mol. The summed E-state index contributed by atoms with van der Waals surface area (Å²) in [7, 11) is 0. The van der Waals surface area contributed by atoms with Gasteiger partial charge in [-0.2, -0.15) is 11.8 Å². The van der Waals surface area contributed by atoms with Crippen molar-refractivity contribution in [3.63, 3.8) is 0 Å². The van der Waals surface area contributed by atoms with Gasteiger partial charge in [0.15, 0.2) is 0 Å². The first-order chi connectivity index (χ1) is 9.01. The summed E-state index contributed by atoms with van der Waals surface area (Å²) in [6.45, 7) is 4.39. The van der Waals surface area contributed by atoms with Crippen molar-refractivity contribution in [3.8, 4) is 0 Å². The molecule has 1 aliphatic heterocycles. The average molecular weight is 284 g/mol. The lowest BCUT2D eigenvalue weighted by Crippen LogP contribution is -2.57. The number of nitrogens with one attached hydrogen (secondary N) is 1. The van der Waals surface area contributed by atoms with Crippen molar-refractivity contribution in [2.24, 2.45) is 0 Å². The second kappa shape index (κ2) is 5.73. The van der Waals surface area contributed by atoms with Crippen LogP contribution in [0.15, 0.2) is 0 Å². The van der Waals surface area contributed by atoms with Gasteiger partial charge in [-0.15, -0.1) is 0 Å². The van der Waals surface area contributed by atoms with E-state index in [0.717, 1.165) is 6.42 Å². The van der Waals surface area contributed by atoms with Gasteiger partial charge in [-0.3, -0.25) is 9.59 Å². The minimum absolute atomic E-state index is 0.00102. The molecule has 3 unspecified atom stereocenters. The Kier molecular flexibility index (Phi) is 4.43. The van der Waals surface area contributed by atoms with Crippen LogP contribution >= 0.6 is 11.8 Å². The summed E-state index contributed by atoms with van der Waals surface area (Å²) in [5, 5.41) is 3.43. The SMILES string of the molecule is CCC1(C)NC(=O)CCN(C2CCCC2SC)C1=O. The molecule has 2 rings (SSSR count). The van der Waals surface area contributed by atoms with Crippen LogP contribution in [0, 0.1) is 0 Å². The van der Waals surface area contributed by atoms with Crippen LogP contribution in [0.4, 0.5) is 0 Å². The maximum absolute atomic E-state index is 12.8. The zero-order chi connectivity index (χ0) is 14.0. The van der Waals surface area contributed by atoms with Gasteiger partial charge in [0.05, 0.1) is 0 Å². The molecule has 5 heteroatoms. The van der Waals surface area contributed by atoms with Crippen LogP contribution < -0.4 is 5.32 Å². The summed E-state index contributed by atoms with van der Waals surface area (Å²) in [5.41, 5.74) is -0.723. The number of rotatable bonds is 3. The molecule has 2 fully saturated rings. The monoisotopic (exact) mass is 284 g/mol. The predicted molar refractivity (Wildman–Crippen MR) is 78.1 cm³/mol. The minimum atomic E-state index is -0.723. The highest BCUT2D eigenvalue weighted by Gasteiger charge is 2.44. The standard InChI is InChI=1S/C14H24N2O2S/c1-4-14(2)13(18)16(9-8-12(17)15-14)10-6-5-7-11(10)19-3/h10-11H,4-9H2,1-3H3,(H,15,17). The molecule has 0 aromatic rings. The van der Waals surface area contributed by atoms with Gasteiger partial charge in [-0.05, 0) is 32.4 Å². The van der Waals surface area contributed by atoms with Crippen molar-refractivity contribution < 1.29 is 9.59 Å². The molecule has 2 aliphatic rings. The summed E-state index contributed by atoms with van der Waals surface area (Å²) >= 11 is 1.85. The fourth-order valence-electron chi connectivity index (χ4n) is 3.16. The van der Waals surface area contributed by atoms with Crippen molar-refractivity contribution in [2.45, 2.75) is 62.8 Å². The van der Waals surface area contributed by atoms with Crippen LogP contribution in [-0.2, 0) is 9.59 Å². The third-order valence-corrected chi connectivity index (χ3v) is 5.71. The van der Waals surface area contributed by atoms with Crippen LogP contribution in [0.25, 0.3) is 0 Å². The molecule has 3 atom stereocenters. The normalized spacial score (nSPS) is 36.3. The molecule has 2 amide bonds. The Hall–Kier alpha value is -0.710. The molecule has 1 aliphatic carbocycles. The zero-order valence-corrected chi connectivity index (χ0v) is 12.9. The van der Waals surface area contributed by atoms with Crippen LogP contribution in [-0.4, -0.2) is 46.3 Å². The Bertz CT molecular complexity index is 374. The second-order valence-corrected chi connectivity index (χ2v) is 6.83. The van der Waals surface area contributed by atoms with Crippen LogP contribution in [0.2, 0.25) is 0 Å². The smallest absolute Gasteiger partial charge is 0.248 e. The van der Waals surface area contributed by atoms with Gasteiger partial charge in [0.2, 0.25) is 11.8 Å². The topological polar surface area (TPSA) is 49.4 Å². The van der Waals surface area contributed by atoms with Gasteiger partial charge in [0.1, 0.15) is 5.54 Å². The number of nitrogens with zero attached hydrogens (tertiary/aromatic N) is 1. The van der Waals surface area contributed by atoms with E-state index < -0.39 is 5.54 Å². The maximum atomic E-state index is 12.8. The minimum Gasteiger partial charge on any atom is -0.342 e. The number of amides is 2. The number of thioether (sulfide) groups is 1. The number of hydrogen-bond acceptors (Lipinski definition) is 3. The van der Waals surface area contributed by atoms with E-state index in [1.54, 1.807) is 0 Å². The maximum Gasteiger partial charge on any atom is 0.248 e. The average Bonchev–Trinajstić information content (AvgIpc) is 2.82. The number of carbonyl (C=O) groups excluding carboxylic acids is 2. The van der Waals surface area contributed by atoms with E-state index in [1.807, 2.05) is 30.5 Å². The highest BCUT2D eigenvalue weighted by atomic mass is 32.2. The Labute approximate surface area is 119 Å². The summed E-state index contributed by atoms with van der Waals surface area (Å²) in [4.78, 5) is 26.6. The van der Waals surface area contributed by atoms with Gasteiger partial charge >= 0.3 is 0 Å². The molecule has 1 heterocycles. The van der Waals surface area contributed by atoms with E-state index in [1.165, 1.54) is 12.8 Å². The highest BCUT2D eigenvalue weighted by Crippen LogP contribution is 2.34. The molecule has 0 aromatic heterocycles. The van der Waals surface area contributed by atoms with E-state index in [2.05, 4.69) is 11.6 Å². The van der Waals surface area contributed by atoms with Crippen LogP contribution in [0.1, 0.15) is 46.0 Å². The number of hydrogen-bond donors (Lipinski definition) is 1. The lowest BCUT2D eigenvalue weighted by molar-refractivity contribution is -0.140. The van der Waals surface area contributed by atoms with Crippen molar-refractivity contribution in [1.29, 1.82) is 0 Å². The molecular formula is C14H24N2O2S. The van der Waals surface area contributed by atoms with Gasteiger partial charge in [0, 0.05) is 24.3 Å². The van der Waals surface area contributed by atoms with E-state index in [4.69, 9.17) is 0 Å². The van der Waals surface area contributed by atoms with Gasteiger partial charge in [-0.25, -0.2) is 0 Å². The second-order valence-electron chi connectivity index (χ2n) is 5.75. The Morgan fingerprint density at radius 1 is 1.42 bits per heavy atom. The third kappa shape index (κ3) is 2.76. The summed E-state index contributed by atoms with van der Waals surface area (Å²) in [6.07, 6.45) is 6.63. The summed E-state index contributed by atoms with van der Waals surface area (Å²) in [5.74, 6) is 0.102. The van der Waals surface area contributed by atoms with E-state index >= 15 is 0 Å². The Morgan fingerprint density at radius 3 is 2.79 bits per heavy atom. The van der Waals surface area contributed by atoms with E-state index in [9.17, 15) is 9.59 Å². The molecule has 1 N–H and O–H groups in total. The number of carbonyl (C=O) groups is 2. The van der Waals surface area contributed by atoms with Crippen molar-refractivity contribution in [1.82, 2.24) is 10.2 Å². The summed E-state index contributed by atoms with van der Waals surface area (Å²) < 4.78 is 0. The molecule has 0 aromatic carbocycles. The molecule has 0 bridgehead atoms. The highest BCUT2D eigenvalue weighted by molar-refractivity contribution is 7.99. The Morgan fingerprint density at radius 2 is 2.16 bits per heavy atom. The molecule has 108 valence electrons. The van der Waals surface area contributed by atoms with Crippen molar-refractivity contribution in [2.75, 3.05) is 12.8 Å². The van der Waals surface area contributed by atoms with E-state index in [-0.39, 0.29) is 11.8 Å². The zero-order valence-electron chi connectivity index (χ0n) is 12.1. The first-order valence-corrected chi connectivity index (χ1v) is 8.45. The van der Waals surface area contributed by atoms with Crippen LogP contribution in [0.5, 0.6) is 0 Å². The Balaban J connectivity index is 2.23. The fraction of sp³-hybridized carbons (Fsp3) is 0.857. The first kappa shape index (κ1) is 14.7. The largest absolute Gasteiger partial charge is 0.342 e. The van der Waals surface area contributed by atoms with Gasteiger partial charge in [-0.1, -0.05) is 13.3 Å². The molecule has 1 saturated heterocycles. The molecule has 0 radical (unpaired) electrons. The molecule has 4 nitrogen and oxygen atoms in total. The quantitative estimate of drug-likeness (QED) is 0.859. The molecule has 19 heavy (non-hydrogen) atoms. The lowest BCUT2D eigenvalue weighted by Gasteiger charge is -2.36. The molecule has 0 spiro atoms. The predicted octanol–water partition coefficient (Wildman–Crippen LogP) is 1.79. The van der Waals surface area contributed by atoms with Gasteiger partial charge < -0.3 is 10.2 Å². The van der Waals surface area contributed by atoms with Crippen molar-refractivity contribution >= 4 is 23.6 Å². The third-order valence-electron chi connectivity index (χ3n) is 4.56. The fourth-order valence-corrected chi connectivity index (χ4v) is 4.16. The first-order valence-electron chi connectivity index (χ1n) is 7.16. The summed E-state index contributed by atoms with van der Waals surface area (Å²) in [6, 6.07) is 0.307. The molecule has 1 saturated carbocycles. The van der Waals surface area contributed by atoms with Crippen molar-refractivity contribution in [3.05, 3.63) is 0 Å². The van der Waals surface area contributed by atoms with Crippen LogP contribution in [0.3, 0.4) is 0 Å². The van der Waals surface area contributed by atoms with E-state index in [0.29, 0.717) is 30.7 Å².